The Balaban J connectivity index is 2.34. The molecule has 1 fully saturated rings. The van der Waals surface area contributed by atoms with Crippen molar-refractivity contribution in [1.29, 1.82) is 0 Å². The van der Waals surface area contributed by atoms with Gasteiger partial charge in [-0.3, -0.25) is 0 Å². The van der Waals surface area contributed by atoms with Crippen molar-refractivity contribution in [3.8, 4) is 0 Å². The number of nitrogens with zero attached hydrogens (tertiary/aromatic N) is 1. The summed E-state index contributed by atoms with van der Waals surface area (Å²) in [5.74, 6) is 6.63. The standard InChI is InChI=1S/C7H14N2O2S/c1-2-11-7(10)9(8)6-4-3-5-12-6/h6H,2-5,8H2,1H3. The van der Waals surface area contributed by atoms with Gasteiger partial charge in [0.05, 0.1) is 12.0 Å². The van der Waals surface area contributed by atoms with E-state index in [0.717, 1.165) is 18.6 Å². The van der Waals surface area contributed by atoms with Gasteiger partial charge in [-0.05, 0) is 25.5 Å². The maximum absolute atomic E-state index is 11.1. The summed E-state index contributed by atoms with van der Waals surface area (Å²) in [5, 5.41) is 1.31. The van der Waals surface area contributed by atoms with Gasteiger partial charge in [-0.1, -0.05) is 0 Å². The van der Waals surface area contributed by atoms with Crippen molar-refractivity contribution in [3.63, 3.8) is 0 Å². The minimum Gasteiger partial charge on any atom is -0.449 e. The molecular formula is C7H14N2O2S. The first-order valence-electron chi connectivity index (χ1n) is 4.08. The van der Waals surface area contributed by atoms with E-state index in [1.807, 2.05) is 0 Å². The molecule has 70 valence electrons. The molecule has 1 aliphatic rings. The number of rotatable bonds is 2. The summed E-state index contributed by atoms with van der Waals surface area (Å²) in [4.78, 5) is 11.1. The molecule has 0 saturated carbocycles. The smallest absolute Gasteiger partial charge is 0.425 e. The Morgan fingerprint density at radius 1 is 1.83 bits per heavy atom. The minimum absolute atomic E-state index is 0.115. The van der Waals surface area contributed by atoms with Crippen LogP contribution in [0.4, 0.5) is 4.79 Å². The maximum Gasteiger partial charge on any atom is 0.425 e. The summed E-state index contributed by atoms with van der Waals surface area (Å²) in [6, 6.07) is 0. The fraction of sp³-hybridized carbons (Fsp3) is 0.857. The Hall–Kier alpha value is -0.420. The number of ether oxygens (including phenoxy) is 1. The zero-order valence-corrected chi connectivity index (χ0v) is 7.97. The van der Waals surface area contributed by atoms with Gasteiger partial charge in [0, 0.05) is 0 Å². The quantitative estimate of drug-likeness (QED) is 0.403. The van der Waals surface area contributed by atoms with Crippen LogP contribution in [0.5, 0.6) is 0 Å². The Bertz CT molecular complexity index is 159. The van der Waals surface area contributed by atoms with E-state index in [-0.39, 0.29) is 5.37 Å². The van der Waals surface area contributed by atoms with Crippen LogP contribution < -0.4 is 5.84 Å². The average Bonchev–Trinajstić information content (AvgIpc) is 2.55. The molecule has 0 spiro atoms. The third kappa shape index (κ3) is 2.28. The molecule has 1 rings (SSSR count). The van der Waals surface area contributed by atoms with E-state index in [4.69, 9.17) is 10.6 Å². The van der Waals surface area contributed by atoms with Crippen molar-refractivity contribution in [2.45, 2.75) is 25.1 Å². The van der Waals surface area contributed by atoms with Gasteiger partial charge in [0.1, 0.15) is 0 Å². The van der Waals surface area contributed by atoms with Crippen molar-refractivity contribution in [3.05, 3.63) is 0 Å². The van der Waals surface area contributed by atoms with Gasteiger partial charge < -0.3 is 4.74 Å². The number of nitrogens with two attached hydrogens (primary N) is 1. The van der Waals surface area contributed by atoms with E-state index in [1.54, 1.807) is 18.7 Å². The first-order chi connectivity index (χ1) is 5.75. The maximum atomic E-state index is 11.1. The first kappa shape index (κ1) is 9.67. The molecule has 12 heavy (non-hydrogen) atoms. The van der Waals surface area contributed by atoms with Crippen LogP contribution in [0.1, 0.15) is 19.8 Å². The van der Waals surface area contributed by atoms with Gasteiger partial charge >= 0.3 is 6.09 Å². The number of amides is 1. The van der Waals surface area contributed by atoms with Gasteiger partial charge in [0.2, 0.25) is 0 Å². The van der Waals surface area contributed by atoms with Crippen LogP contribution in [0, 0.1) is 0 Å². The lowest BCUT2D eigenvalue weighted by molar-refractivity contribution is 0.103. The highest BCUT2D eigenvalue weighted by molar-refractivity contribution is 8.00. The molecule has 1 heterocycles. The van der Waals surface area contributed by atoms with Crippen LogP contribution in [-0.4, -0.2) is 28.8 Å². The van der Waals surface area contributed by atoms with E-state index in [9.17, 15) is 4.79 Å². The fourth-order valence-corrected chi connectivity index (χ4v) is 2.28. The molecule has 5 heteroatoms. The van der Waals surface area contributed by atoms with Crippen molar-refractivity contribution in [2.24, 2.45) is 5.84 Å². The number of hydrogen-bond donors (Lipinski definition) is 1. The van der Waals surface area contributed by atoms with Crippen molar-refractivity contribution >= 4 is 17.9 Å². The van der Waals surface area contributed by atoms with Crippen LogP contribution in [0.15, 0.2) is 0 Å². The van der Waals surface area contributed by atoms with Crippen LogP contribution in [0.25, 0.3) is 0 Å². The molecule has 1 amide bonds. The molecule has 0 aliphatic carbocycles. The molecule has 0 bridgehead atoms. The van der Waals surface area contributed by atoms with Gasteiger partial charge in [0.15, 0.2) is 0 Å². The van der Waals surface area contributed by atoms with Crippen molar-refractivity contribution in [1.82, 2.24) is 5.01 Å². The average molecular weight is 190 g/mol. The van der Waals surface area contributed by atoms with Gasteiger partial charge in [-0.2, -0.15) is 0 Å². The molecule has 1 aliphatic heterocycles. The Labute approximate surface area is 76.4 Å². The number of carbonyl (C=O) groups is 1. The van der Waals surface area contributed by atoms with E-state index < -0.39 is 6.09 Å². The molecule has 1 atom stereocenters. The second-order valence-corrected chi connectivity index (χ2v) is 3.86. The predicted molar refractivity (Wildman–Crippen MR) is 48.5 cm³/mol. The third-order valence-electron chi connectivity index (χ3n) is 1.69. The van der Waals surface area contributed by atoms with Crippen molar-refractivity contribution in [2.75, 3.05) is 12.4 Å². The monoisotopic (exact) mass is 190 g/mol. The van der Waals surface area contributed by atoms with Crippen LogP contribution in [-0.2, 0) is 4.74 Å². The lowest BCUT2D eigenvalue weighted by Crippen LogP contribution is -2.43. The molecule has 0 radical (unpaired) electrons. The molecule has 1 saturated heterocycles. The van der Waals surface area contributed by atoms with Gasteiger partial charge in [0.25, 0.3) is 0 Å². The predicted octanol–water partition coefficient (Wildman–Crippen LogP) is 1.17. The third-order valence-corrected chi connectivity index (χ3v) is 3.07. The van der Waals surface area contributed by atoms with E-state index in [2.05, 4.69) is 0 Å². The highest BCUT2D eigenvalue weighted by atomic mass is 32.2. The zero-order valence-electron chi connectivity index (χ0n) is 7.16. The Morgan fingerprint density at radius 2 is 2.58 bits per heavy atom. The summed E-state index contributed by atoms with van der Waals surface area (Å²) in [6.45, 7) is 2.15. The summed E-state index contributed by atoms with van der Waals surface area (Å²) in [6.07, 6.45) is 1.68. The Kier molecular flexibility index (Phi) is 3.68. The Morgan fingerprint density at radius 3 is 3.08 bits per heavy atom. The zero-order chi connectivity index (χ0) is 8.97. The lowest BCUT2D eigenvalue weighted by atomic mass is 10.3. The number of hydrogen-bond acceptors (Lipinski definition) is 4. The molecule has 0 aromatic heterocycles. The molecule has 1 unspecified atom stereocenters. The van der Waals surface area contributed by atoms with Crippen LogP contribution in [0.3, 0.4) is 0 Å². The lowest BCUT2D eigenvalue weighted by Gasteiger charge is -2.21. The topological polar surface area (TPSA) is 55.6 Å². The van der Waals surface area contributed by atoms with E-state index in [1.165, 1.54) is 5.01 Å². The number of carbonyl (C=O) groups excluding carboxylic acids is 1. The molecule has 0 aromatic carbocycles. The van der Waals surface area contributed by atoms with Crippen LogP contribution in [0.2, 0.25) is 0 Å². The normalized spacial score (nSPS) is 22.3. The van der Waals surface area contributed by atoms with Crippen molar-refractivity contribution < 1.29 is 9.53 Å². The summed E-state index contributed by atoms with van der Waals surface area (Å²) in [7, 11) is 0. The van der Waals surface area contributed by atoms with E-state index >= 15 is 0 Å². The fourth-order valence-electron chi connectivity index (χ4n) is 1.10. The van der Waals surface area contributed by atoms with Crippen LogP contribution >= 0.6 is 11.8 Å². The molecule has 2 N–H and O–H groups in total. The second kappa shape index (κ2) is 4.57. The highest BCUT2D eigenvalue weighted by Crippen LogP contribution is 2.27. The number of hydrazine groups is 1. The summed E-state index contributed by atoms with van der Waals surface area (Å²) >= 11 is 1.70. The summed E-state index contributed by atoms with van der Waals surface area (Å²) < 4.78 is 4.76. The minimum atomic E-state index is -0.420. The second-order valence-electron chi connectivity index (χ2n) is 2.57. The van der Waals surface area contributed by atoms with E-state index in [0.29, 0.717) is 6.61 Å². The molecular weight excluding hydrogens is 176 g/mol. The largest absolute Gasteiger partial charge is 0.449 e. The SMILES string of the molecule is CCOC(=O)N(N)C1CCCS1. The van der Waals surface area contributed by atoms with Gasteiger partial charge in [-0.15, -0.1) is 11.8 Å². The van der Waals surface area contributed by atoms with Gasteiger partial charge in [-0.25, -0.2) is 15.6 Å². The molecule has 4 nitrogen and oxygen atoms in total. The summed E-state index contributed by atoms with van der Waals surface area (Å²) in [5.41, 5.74) is 0. The number of thioether (sulfide) groups is 1. The first-order valence-corrected chi connectivity index (χ1v) is 5.13. The molecule has 0 aromatic rings. The highest BCUT2D eigenvalue weighted by Gasteiger charge is 2.25.